The van der Waals surface area contributed by atoms with Gasteiger partial charge in [0.25, 0.3) is 5.91 Å². The fraction of sp³-hybridized carbons (Fsp3) is 0.111. The number of benzene rings is 3. The molecule has 0 aliphatic carbocycles. The fourth-order valence-electron chi connectivity index (χ4n) is 3.31. The fourth-order valence-corrected chi connectivity index (χ4v) is 4.09. The third-order valence-electron chi connectivity index (χ3n) is 5.11. The monoisotopic (exact) mass is 485 g/mol. The van der Waals surface area contributed by atoms with Crippen LogP contribution in [0.1, 0.15) is 37.0 Å². The minimum atomic E-state index is -0.583. The number of carbonyl (C=O) groups is 3. The first-order valence-corrected chi connectivity index (χ1v) is 11.8. The van der Waals surface area contributed by atoms with Gasteiger partial charge in [0.15, 0.2) is 0 Å². The number of ether oxygens (including phenoxy) is 1. The van der Waals surface area contributed by atoms with Gasteiger partial charge in [0.05, 0.1) is 23.4 Å². The maximum atomic E-state index is 12.7. The van der Waals surface area contributed by atoms with Crippen LogP contribution in [-0.4, -0.2) is 22.8 Å². The summed E-state index contributed by atoms with van der Waals surface area (Å²) in [6.45, 7) is 1.88. The molecule has 0 saturated heterocycles. The predicted octanol–water partition coefficient (Wildman–Crippen LogP) is 5.24. The summed E-state index contributed by atoms with van der Waals surface area (Å²) >= 11 is 1.33. The van der Waals surface area contributed by atoms with Gasteiger partial charge in [-0.15, -0.1) is 11.3 Å². The number of aryl methyl sites for hydroxylation is 1. The van der Waals surface area contributed by atoms with Crippen LogP contribution in [-0.2, 0) is 22.6 Å². The zero-order valence-electron chi connectivity index (χ0n) is 19.0. The third-order valence-corrected chi connectivity index (χ3v) is 6.01. The summed E-state index contributed by atoms with van der Waals surface area (Å²) in [6, 6.07) is 22.9. The molecule has 0 aliphatic rings. The Morgan fingerprint density at radius 3 is 2.31 bits per heavy atom. The molecule has 3 aromatic carbocycles. The Morgan fingerprint density at radius 2 is 1.54 bits per heavy atom. The maximum Gasteiger partial charge on any atom is 0.340 e. The highest BCUT2D eigenvalue weighted by Crippen LogP contribution is 2.19. The number of para-hydroxylation sites is 2. The molecule has 1 aromatic heterocycles. The summed E-state index contributed by atoms with van der Waals surface area (Å²) in [7, 11) is 0. The Hall–Kier alpha value is -4.30. The molecule has 0 spiro atoms. The van der Waals surface area contributed by atoms with Gasteiger partial charge in [-0.3, -0.25) is 9.59 Å². The first kappa shape index (κ1) is 23.8. The predicted molar refractivity (Wildman–Crippen MR) is 136 cm³/mol. The van der Waals surface area contributed by atoms with Crippen LogP contribution in [0, 0.1) is 6.92 Å². The quantitative estimate of drug-likeness (QED) is 0.333. The lowest BCUT2D eigenvalue weighted by atomic mass is 10.1. The van der Waals surface area contributed by atoms with Crippen molar-refractivity contribution in [3.8, 4) is 0 Å². The summed E-state index contributed by atoms with van der Waals surface area (Å²) < 4.78 is 5.43. The molecule has 35 heavy (non-hydrogen) atoms. The number of aromatic nitrogens is 1. The molecular weight excluding hydrogens is 462 g/mol. The van der Waals surface area contributed by atoms with Crippen molar-refractivity contribution < 1.29 is 19.1 Å². The van der Waals surface area contributed by atoms with Crippen molar-refractivity contribution >= 4 is 40.5 Å². The zero-order chi connectivity index (χ0) is 24.6. The normalized spacial score (nSPS) is 10.4. The lowest BCUT2D eigenvalue weighted by Crippen LogP contribution is -2.16. The number of hydrogen-bond acceptors (Lipinski definition) is 6. The number of esters is 1. The molecule has 4 aromatic rings. The number of amides is 2. The number of rotatable bonds is 8. The second kappa shape index (κ2) is 11.2. The van der Waals surface area contributed by atoms with E-state index in [4.69, 9.17) is 4.74 Å². The Kier molecular flexibility index (Phi) is 7.64. The van der Waals surface area contributed by atoms with E-state index in [2.05, 4.69) is 15.6 Å². The van der Waals surface area contributed by atoms with Gasteiger partial charge in [-0.2, -0.15) is 0 Å². The van der Waals surface area contributed by atoms with E-state index in [0.717, 1.165) is 11.3 Å². The highest BCUT2D eigenvalue weighted by molar-refractivity contribution is 7.09. The number of anilines is 2. The molecule has 7 nitrogen and oxygen atoms in total. The van der Waals surface area contributed by atoms with E-state index in [9.17, 15) is 14.4 Å². The van der Waals surface area contributed by atoms with Crippen LogP contribution in [0.15, 0.2) is 84.2 Å². The van der Waals surface area contributed by atoms with Crippen LogP contribution in [0.4, 0.5) is 11.4 Å². The molecule has 0 bridgehead atoms. The zero-order valence-corrected chi connectivity index (χ0v) is 19.8. The largest absolute Gasteiger partial charge is 0.455 e. The van der Waals surface area contributed by atoms with Gasteiger partial charge in [-0.25, -0.2) is 9.78 Å². The van der Waals surface area contributed by atoms with Crippen LogP contribution in [0.3, 0.4) is 0 Å². The summed E-state index contributed by atoms with van der Waals surface area (Å²) in [6.07, 6.45) is 0.126. The molecule has 0 atom stereocenters. The molecule has 1 heterocycles. The van der Waals surface area contributed by atoms with Crippen molar-refractivity contribution in [1.82, 2.24) is 4.98 Å². The minimum Gasteiger partial charge on any atom is -0.455 e. The van der Waals surface area contributed by atoms with Crippen LogP contribution in [0.25, 0.3) is 0 Å². The molecule has 0 unspecified atom stereocenters. The molecule has 0 radical (unpaired) electrons. The number of carbonyl (C=O) groups excluding carboxylic acids is 3. The molecule has 4 rings (SSSR count). The molecule has 2 N–H and O–H groups in total. The minimum absolute atomic E-state index is 0.0459. The molecule has 0 aliphatic heterocycles. The van der Waals surface area contributed by atoms with Crippen molar-refractivity contribution in [2.45, 2.75) is 20.0 Å². The summed E-state index contributed by atoms with van der Waals surface area (Å²) in [5.74, 6) is -1.07. The highest BCUT2D eigenvalue weighted by atomic mass is 32.1. The van der Waals surface area contributed by atoms with E-state index >= 15 is 0 Å². The number of nitrogens with zero attached hydrogens (tertiary/aromatic N) is 1. The highest BCUT2D eigenvalue weighted by Gasteiger charge is 2.16. The molecule has 0 saturated carbocycles. The van der Waals surface area contributed by atoms with E-state index in [1.807, 2.05) is 37.3 Å². The van der Waals surface area contributed by atoms with Gasteiger partial charge in [-0.1, -0.05) is 48.5 Å². The van der Waals surface area contributed by atoms with Gasteiger partial charge >= 0.3 is 5.97 Å². The van der Waals surface area contributed by atoms with Gasteiger partial charge in [0.2, 0.25) is 5.91 Å². The van der Waals surface area contributed by atoms with Crippen LogP contribution < -0.4 is 10.6 Å². The third kappa shape index (κ3) is 6.39. The Bertz CT molecular complexity index is 1350. The van der Waals surface area contributed by atoms with Crippen LogP contribution >= 0.6 is 11.3 Å². The first-order chi connectivity index (χ1) is 17.0. The van der Waals surface area contributed by atoms with Crippen LogP contribution in [0.2, 0.25) is 0 Å². The average Bonchev–Trinajstić information content (AvgIpc) is 3.32. The topological polar surface area (TPSA) is 97.4 Å². The maximum absolute atomic E-state index is 12.7. The van der Waals surface area contributed by atoms with E-state index in [0.29, 0.717) is 22.0 Å². The number of thiazole rings is 1. The summed E-state index contributed by atoms with van der Waals surface area (Å²) in [5, 5.41) is 8.02. The molecule has 8 heteroatoms. The van der Waals surface area contributed by atoms with Crippen molar-refractivity contribution in [2.75, 3.05) is 10.6 Å². The van der Waals surface area contributed by atoms with Crippen molar-refractivity contribution in [1.29, 1.82) is 0 Å². The van der Waals surface area contributed by atoms with Gasteiger partial charge in [0.1, 0.15) is 11.6 Å². The summed E-state index contributed by atoms with van der Waals surface area (Å²) in [4.78, 5) is 42.0. The second-order valence-corrected chi connectivity index (χ2v) is 8.66. The van der Waals surface area contributed by atoms with E-state index < -0.39 is 5.97 Å². The van der Waals surface area contributed by atoms with E-state index in [1.54, 1.807) is 53.9 Å². The van der Waals surface area contributed by atoms with Gasteiger partial charge in [0, 0.05) is 16.6 Å². The lowest BCUT2D eigenvalue weighted by molar-refractivity contribution is -0.115. The van der Waals surface area contributed by atoms with E-state index in [-0.39, 0.29) is 30.4 Å². The Morgan fingerprint density at radius 1 is 0.857 bits per heavy atom. The van der Waals surface area contributed by atoms with Gasteiger partial charge in [-0.05, 0) is 42.8 Å². The van der Waals surface area contributed by atoms with Gasteiger partial charge < -0.3 is 15.4 Å². The average molecular weight is 486 g/mol. The number of nitrogens with one attached hydrogen (secondary N) is 2. The Labute approximate surface area is 206 Å². The molecule has 0 fully saturated rings. The smallest absolute Gasteiger partial charge is 0.340 e. The van der Waals surface area contributed by atoms with Crippen molar-refractivity contribution in [2.24, 2.45) is 0 Å². The number of hydrogen-bond donors (Lipinski definition) is 2. The molecular formula is C27H23N3O4S. The lowest BCUT2D eigenvalue weighted by Gasteiger charge is -2.10. The SMILES string of the molecule is Cc1ccccc1NC(=O)Cc1nc(COC(=O)c2ccccc2NC(=O)c2ccccc2)cs1. The van der Waals surface area contributed by atoms with E-state index in [1.165, 1.54) is 11.3 Å². The summed E-state index contributed by atoms with van der Waals surface area (Å²) in [5.41, 5.74) is 3.38. The van der Waals surface area contributed by atoms with Crippen molar-refractivity contribution in [3.63, 3.8) is 0 Å². The molecule has 176 valence electrons. The van der Waals surface area contributed by atoms with Crippen molar-refractivity contribution in [3.05, 3.63) is 112 Å². The standard InChI is InChI=1S/C27H23N3O4S/c1-18-9-5-7-13-22(18)29-24(31)15-25-28-20(17-35-25)16-34-27(33)21-12-6-8-14-23(21)30-26(32)19-10-3-2-4-11-19/h2-14,17H,15-16H2,1H3,(H,29,31)(H,30,32). The Balaban J connectivity index is 1.34. The second-order valence-electron chi connectivity index (χ2n) is 7.71. The van der Waals surface area contributed by atoms with Crippen LogP contribution in [0.5, 0.6) is 0 Å². The molecule has 2 amide bonds. The first-order valence-electron chi connectivity index (χ1n) is 10.9.